The number of nitrogens with zero attached hydrogens (tertiary/aromatic N) is 3. The van der Waals surface area contributed by atoms with Gasteiger partial charge in [0.15, 0.2) is 0 Å². The van der Waals surface area contributed by atoms with Crippen molar-refractivity contribution in [3.63, 3.8) is 0 Å². The molecule has 0 saturated carbocycles. The second-order valence-electron chi connectivity index (χ2n) is 6.13. The first-order valence-electron chi connectivity index (χ1n) is 8.18. The van der Waals surface area contributed by atoms with Crippen LogP contribution in [-0.2, 0) is 27.8 Å². The van der Waals surface area contributed by atoms with Crippen LogP contribution >= 0.6 is 0 Å². The van der Waals surface area contributed by atoms with Crippen molar-refractivity contribution in [2.45, 2.75) is 19.4 Å². The first-order chi connectivity index (χ1) is 11.9. The van der Waals surface area contributed by atoms with Gasteiger partial charge in [0.05, 0.1) is 25.0 Å². The van der Waals surface area contributed by atoms with E-state index in [-0.39, 0.29) is 19.0 Å². The summed E-state index contributed by atoms with van der Waals surface area (Å²) < 4.78 is 25.4. The van der Waals surface area contributed by atoms with E-state index in [1.54, 1.807) is 29.3 Å². The van der Waals surface area contributed by atoms with Crippen molar-refractivity contribution in [2.75, 3.05) is 24.2 Å². The lowest BCUT2D eigenvalue weighted by Crippen LogP contribution is -2.44. The number of hydrogen-bond donors (Lipinski definition) is 0. The molecule has 25 heavy (non-hydrogen) atoms. The molecule has 0 bridgehead atoms. The van der Waals surface area contributed by atoms with Gasteiger partial charge in [-0.25, -0.2) is 8.42 Å². The molecule has 1 aliphatic rings. The van der Waals surface area contributed by atoms with Gasteiger partial charge >= 0.3 is 0 Å². The van der Waals surface area contributed by atoms with Crippen molar-refractivity contribution in [2.24, 2.45) is 0 Å². The zero-order valence-corrected chi connectivity index (χ0v) is 14.9. The molecular formula is C18H21N3O3S. The van der Waals surface area contributed by atoms with Gasteiger partial charge in [0.1, 0.15) is 0 Å². The Labute approximate surface area is 148 Å². The summed E-state index contributed by atoms with van der Waals surface area (Å²) in [6.45, 7) is 0.502. The summed E-state index contributed by atoms with van der Waals surface area (Å²) in [4.78, 5) is 18.7. The topological polar surface area (TPSA) is 70.6 Å². The largest absolute Gasteiger partial charge is 0.311 e. The highest BCUT2D eigenvalue weighted by atomic mass is 32.2. The predicted molar refractivity (Wildman–Crippen MR) is 96.6 cm³/mol. The van der Waals surface area contributed by atoms with Gasteiger partial charge in [-0.2, -0.15) is 4.31 Å². The van der Waals surface area contributed by atoms with Crippen LogP contribution in [0.5, 0.6) is 0 Å². The minimum atomic E-state index is -3.53. The average molecular weight is 359 g/mol. The second kappa shape index (κ2) is 7.33. The Morgan fingerprint density at radius 2 is 1.96 bits per heavy atom. The Hall–Kier alpha value is -2.25. The van der Waals surface area contributed by atoms with Crippen molar-refractivity contribution in [1.29, 1.82) is 0 Å². The first-order valence-corrected chi connectivity index (χ1v) is 10.0. The number of carbonyl (C=O) groups excluding carboxylic acids is 1. The van der Waals surface area contributed by atoms with Crippen molar-refractivity contribution in [3.05, 3.63) is 59.9 Å². The van der Waals surface area contributed by atoms with E-state index >= 15 is 0 Å². The molecule has 0 saturated heterocycles. The van der Waals surface area contributed by atoms with Gasteiger partial charge in [-0.05, 0) is 36.6 Å². The summed E-state index contributed by atoms with van der Waals surface area (Å²) in [5.74, 6) is -0.214. The highest BCUT2D eigenvalue weighted by molar-refractivity contribution is 7.88. The molecule has 1 aromatic heterocycles. The maximum Gasteiger partial charge on any atom is 0.242 e. The summed E-state index contributed by atoms with van der Waals surface area (Å²) in [5, 5.41) is 0. The Balaban J connectivity index is 1.80. The molecular weight excluding hydrogens is 338 g/mol. The van der Waals surface area contributed by atoms with E-state index in [4.69, 9.17) is 0 Å². The fourth-order valence-corrected chi connectivity index (χ4v) is 3.70. The van der Waals surface area contributed by atoms with E-state index in [0.717, 1.165) is 30.3 Å². The van der Waals surface area contributed by atoms with Crippen LogP contribution in [0.15, 0.2) is 48.7 Å². The Bertz CT molecular complexity index is 853. The molecule has 7 heteroatoms. The number of para-hydroxylation sites is 1. The molecule has 1 amide bonds. The van der Waals surface area contributed by atoms with Gasteiger partial charge in [-0.3, -0.25) is 9.78 Å². The number of aromatic nitrogens is 1. The summed E-state index contributed by atoms with van der Waals surface area (Å²) >= 11 is 0. The monoisotopic (exact) mass is 359 g/mol. The second-order valence-corrected chi connectivity index (χ2v) is 8.11. The molecule has 0 radical (unpaired) electrons. The van der Waals surface area contributed by atoms with Gasteiger partial charge in [0.25, 0.3) is 0 Å². The standard InChI is InChI=1S/C18H21N3O3S/c1-25(23,24)20(13-16-9-4-5-11-19-16)14-18(22)21-12-6-8-15-7-2-3-10-17(15)21/h2-5,7,9-11H,6,8,12-14H2,1H3. The average Bonchev–Trinajstić information content (AvgIpc) is 2.60. The van der Waals surface area contributed by atoms with Gasteiger partial charge in [0, 0.05) is 18.4 Å². The summed E-state index contributed by atoms with van der Waals surface area (Å²) in [6, 6.07) is 13.1. The molecule has 1 aromatic carbocycles. The Morgan fingerprint density at radius 3 is 2.68 bits per heavy atom. The van der Waals surface area contributed by atoms with Crippen LogP contribution in [0.25, 0.3) is 0 Å². The molecule has 2 heterocycles. The number of hydrogen-bond acceptors (Lipinski definition) is 4. The minimum Gasteiger partial charge on any atom is -0.311 e. The number of pyridine rings is 1. The van der Waals surface area contributed by atoms with Crippen LogP contribution in [0.4, 0.5) is 5.69 Å². The van der Waals surface area contributed by atoms with E-state index < -0.39 is 10.0 Å². The number of fused-ring (bicyclic) bond motifs is 1. The van der Waals surface area contributed by atoms with E-state index in [1.165, 1.54) is 4.31 Å². The predicted octanol–water partition coefficient (Wildman–Crippen LogP) is 1.82. The molecule has 2 aromatic rings. The number of aryl methyl sites for hydroxylation is 1. The lowest BCUT2D eigenvalue weighted by atomic mass is 10.0. The van der Waals surface area contributed by atoms with Gasteiger partial charge in [-0.15, -0.1) is 0 Å². The number of anilines is 1. The fourth-order valence-electron chi connectivity index (χ4n) is 2.99. The van der Waals surface area contributed by atoms with Crippen LogP contribution in [0.1, 0.15) is 17.7 Å². The van der Waals surface area contributed by atoms with Crippen molar-refractivity contribution in [1.82, 2.24) is 9.29 Å². The molecule has 0 spiro atoms. The lowest BCUT2D eigenvalue weighted by Gasteiger charge is -2.31. The SMILES string of the molecule is CS(=O)(=O)N(CC(=O)N1CCCc2ccccc21)Cc1ccccn1. The number of carbonyl (C=O) groups is 1. The highest BCUT2D eigenvalue weighted by Gasteiger charge is 2.27. The van der Waals surface area contributed by atoms with Crippen LogP contribution < -0.4 is 4.90 Å². The van der Waals surface area contributed by atoms with E-state index in [9.17, 15) is 13.2 Å². The van der Waals surface area contributed by atoms with Crippen molar-refractivity contribution >= 4 is 21.6 Å². The van der Waals surface area contributed by atoms with Crippen LogP contribution in [0.2, 0.25) is 0 Å². The zero-order valence-electron chi connectivity index (χ0n) is 14.1. The maximum atomic E-state index is 12.8. The summed E-state index contributed by atoms with van der Waals surface area (Å²) in [7, 11) is -3.53. The molecule has 3 rings (SSSR count). The van der Waals surface area contributed by atoms with Gasteiger partial charge < -0.3 is 4.90 Å². The Morgan fingerprint density at radius 1 is 1.20 bits per heavy atom. The van der Waals surface area contributed by atoms with Crippen LogP contribution in [0.3, 0.4) is 0 Å². The van der Waals surface area contributed by atoms with Gasteiger partial charge in [0.2, 0.25) is 15.9 Å². The van der Waals surface area contributed by atoms with Crippen molar-refractivity contribution in [3.8, 4) is 0 Å². The number of amides is 1. The molecule has 0 N–H and O–H groups in total. The van der Waals surface area contributed by atoms with E-state index in [0.29, 0.717) is 12.2 Å². The lowest BCUT2D eigenvalue weighted by molar-refractivity contribution is -0.119. The van der Waals surface area contributed by atoms with E-state index in [1.807, 2.05) is 24.3 Å². The first kappa shape index (κ1) is 17.6. The maximum absolute atomic E-state index is 12.8. The summed E-state index contributed by atoms with van der Waals surface area (Å²) in [6.07, 6.45) is 4.54. The van der Waals surface area contributed by atoms with Crippen LogP contribution in [0, 0.1) is 0 Å². The molecule has 1 aliphatic heterocycles. The molecule has 0 fully saturated rings. The zero-order chi connectivity index (χ0) is 17.9. The normalized spacial score (nSPS) is 14.4. The smallest absolute Gasteiger partial charge is 0.242 e. The number of sulfonamides is 1. The van der Waals surface area contributed by atoms with Gasteiger partial charge in [-0.1, -0.05) is 24.3 Å². The van der Waals surface area contributed by atoms with E-state index in [2.05, 4.69) is 4.98 Å². The van der Waals surface area contributed by atoms with Crippen molar-refractivity contribution < 1.29 is 13.2 Å². The molecule has 6 nitrogen and oxygen atoms in total. The molecule has 0 atom stereocenters. The third-order valence-electron chi connectivity index (χ3n) is 4.26. The summed E-state index contributed by atoms with van der Waals surface area (Å²) in [5.41, 5.74) is 2.61. The highest BCUT2D eigenvalue weighted by Crippen LogP contribution is 2.27. The Kier molecular flexibility index (Phi) is 5.15. The van der Waals surface area contributed by atoms with Crippen LogP contribution in [-0.4, -0.2) is 43.0 Å². The fraction of sp³-hybridized carbons (Fsp3) is 0.333. The molecule has 0 aliphatic carbocycles. The molecule has 132 valence electrons. The molecule has 0 unspecified atom stereocenters. The number of benzene rings is 1. The third-order valence-corrected chi connectivity index (χ3v) is 5.45. The number of rotatable bonds is 5. The minimum absolute atomic E-state index is 0.0842. The quantitative estimate of drug-likeness (QED) is 0.816. The third kappa shape index (κ3) is 4.24.